The van der Waals surface area contributed by atoms with Crippen LogP contribution in [0.15, 0.2) is 53.3 Å². The molecule has 124 valence electrons. The third-order valence-corrected chi connectivity index (χ3v) is 4.03. The Hall–Kier alpha value is -2.82. The second kappa shape index (κ2) is 6.74. The summed E-state index contributed by atoms with van der Waals surface area (Å²) in [5.74, 6) is 0.705. The van der Waals surface area contributed by atoms with E-state index in [1.54, 1.807) is 24.4 Å². The molecule has 5 nitrogen and oxygen atoms in total. The molecule has 0 bridgehead atoms. The van der Waals surface area contributed by atoms with Crippen LogP contribution in [0.4, 0.5) is 0 Å². The van der Waals surface area contributed by atoms with Crippen LogP contribution in [-0.2, 0) is 13.0 Å². The van der Waals surface area contributed by atoms with Crippen molar-refractivity contribution < 1.29 is 9.21 Å². The van der Waals surface area contributed by atoms with Crippen LogP contribution in [0.2, 0.25) is 0 Å². The van der Waals surface area contributed by atoms with Crippen molar-refractivity contribution in [3.8, 4) is 5.69 Å². The number of benzene rings is 1. The average molecular weight is 323 g/mol. The molecule has 0 spiro atoms. The van der Waals surface area contributed by atoms with Gasteiger partial charge in [0.05, 0.1) is 35.9 Å². The van der Waals surface area contributed by atoms with Crippen molar-refractivity contribution in [3.05, 3.63) is 71.4 Å². The van der Waals surface area contributed by atoms with Crippen LogP contribution in [0.1, 0.15) is 34.3 Å². The monoisotopic (exact) mass is 323 g/mol. The van der Waals surface area contributed by atoms with Gasteiger partial charge in [-0.05, 0) is 37.6 Å². The van der Waals surface area contributed by atoms with Crippen molar-refractivity contribution in [1.29, 1.82) is 0 Å². The lowest BCUT2D eigenvalue weighted by molar-refractivity contribution is 0.0774. The van der Waals surface area contributed by atoms with Gasteiger partial charge in [-0.25, -0.2) is 4.68 Å². The van der Waals surface area contributed by atoms with Crippen molar-refractivity contribution in [2.24, 2.45) is 0 Å². The summed E-state index contributed by atoms with van der Waals surface area (Å²) in [6.45, 7) is 4.52. The Labute approximate surface area is 141 Å². The van der Waals surface area contributed by atoms with Crippen LogP contribution in [-0.4, -0.2) is 27.6 Å². The minimum atomic E-state index is -0.0541. The number of amides is 1. The average Bonchev–Trinajstić information content (AvgIpc) is 3.23. The van der Waals surface area contributed by atoms with Gasteiger partial charge in [0, 0.05) is 7.05 Å². The summed E-state index contributed by atoms with van der Waals surface area (Å²) in [5.41, 5.74) is 3.70. The van der Waals surface area contributed by atoms with Crippen LogP contribution in [0.25, 0.3) is 5.69 Å². The van der Waals surface area contributed by atoms with Gasteiger partial charge in [-0.1, -0.05) is 24.6 Å². The van der Waals surface area contributed by atoms with E-state index in [1.165, 1.54) is 5.56 Å². The maximum absolute atomic E-state index is 12.8. The van der Waals surface area contributed by atoms with E-state index in [9.17, 15) is 4.79 Å². The van der Waals surface area contributed by atoms with Crippen LogP contribution < -0.4 is 0 Å². The van der Waals surface area contributed by atoms with E-state index in [4.69, 9.17) is 4.42 Å². The van der Waals surface area contributed by atoms with E-state index >= 15 is 0 Å². The lowest BCUT2D eigenvalue weighted by Gasteiger charge is -2.16. The second-order valence-electron chi connectivity index (χ2n) is 5.85. The third kappa shape index (κ3) is 3.11. The fourth-order valence-electron chi connectivity index (χ4n) is 2.71. The van der Waals surface area contributed by atoms with Crippen LogP contribution in [0, 0.1) is 6.92 Å². The Morgan fingerprint density at radius 3 is 2.62 bits per heavy atom. The number of carbonyl (C=O) groups is 1. The molecular weight excluding hydrogens is 302 g/mol. The van der Waals surface area contributed by atoms with Crippen molar-refractivity contribution in [3.63, 3.8) is 0 Å². The summed E-state index contributed by atoms with van der Waals surface area (Å²) in [6.07, 6.45) is 3.99. The lowest BCUT2D eigenvalue weighted by atomic mass is 10.1. The first-order valence-corrected chi connectivity index (χ1v) is 8.02. The first-order valence-electron chi connectivity index (χ1n) is 8.02. The van der Waals surface area contributed by atoms with Crippen molar-refractivity contribution in [1.82, 2.24) is 14.7 Å². The molecule has 3 aromatic rings. The molecule has 0 aliphatic heterocycles. The summed E-state index contributed by atoms with van der Waals surface area (Å²) in [5, 5.41) is 4.43. The number of nitrogens with zero attached hydrogens (tertiary/aromatic N) is 3. The van der Waals surface area contributed by atoms with Gasteiger partial charge in [0.25, 0.3) is 5.91 Å². The van der Waals surface area contributed by atoms with Gasteiger partial charge in [0.15, 0.2) is 0 Å². The Balaban J connectivity index is 1.88. The van der Waals surface area contributed by atoms with Gasteiger partial charge < -0.3 is 9.32 Å². The van der Waals surface area contributed by atoms with Crippen molar-refractivity contribution >= 4 is 5.91 Å². The minimum absolute atomic E-state index is 0.0541. The lowest BCUT2D eigenvalue weighted by Crippen LogP contribution is -2.26. The number of furan rings is 1. The van der Waals surface area contributed by atoms with E-state index in [0.717, 1.165) is 23.6 Å². The molecule has 1 amide bonds. The molecule has 2 aromatic heterocycles. The molecule has 0 fully saturated rings. The second-order valence-corrected chi connectivity index (χ2v) is 5.85. The largest absolute Gasteiger partial charge is 0.467 e. The van der Waals surface area contributed by atoms with Gasteiger partial charge in [0.2, 0.25) is 0 Å². The van der Waals surface area contributed by atoms with E-state index in [-0.39, 0.29) is 5.91 Å². The predicted molar refractivity (Wildman–Crippen MR) is 92.2 cm³/mol. The molecule has 0 atom stereocenters. The van der Waals surface area contributed by atoms with Crippen LogP contribution >= 0.6 is 0 Å². The summed E-state index contributed by atoms with van der Waals surface area (Å²) >= 11 is 0. The molecule has 0 unspecified atom stereocenters. The molecule has 1 aromatic carbocycles. The quantitative estimate of drug-likeness (QED) is 0.721. The van der Waals surface area contributed by atoms with Gasteiger partial charge in [-0.3, -0.25) is 4.79 Å². The van der Waals surface area contributed by atoms with E-state index in [0.29, 0.717) is 12.1 Å². The molecule has 0 aliphatic rings. The molecule has 0 saturated heterocycles. The topological polar surface area (TPSA) is 51.3 Å². The van der Waals surface area contributed by atoms with Gasteiger partial charge in [-0.15, -0.1) is 0 Å². The number of aryl methyl sites for hydroxylation is 1. The number of hydrogen-bond acceptors (Lipinski definition) is 3. The highest BCUT2D eigenvalue weighted by atomic mass is 16.3. The molecule has 2 heterocycles. The Morgan fingerprint density at radius 1 is 1.25 bits per heavy atom. The van der Waals surface area contributed by atoms with Crippen LogP contribution in [0.5, 0.6) is 0 Å². The molecule has 0 N–H and O–H groups in total. The predicted octanol–water partition coefficient (Wildman–Crippen LogP) is 3.61. The highest BCUT2D eigenvalue weighted by Gasteiger charge is 2.20. The molecule has 0 aliphatic carbocycles. The fourth-order valence-corrected chi connectivity index (χ4v) is 2.71. The fraction of sp³-hybridized carbons (Fsp3) is 0.263. The van der Waals surface area contributed by atoms with Crippen molar-refractivity contribution in [2.45, 2.75) is 26.8 Å². The summed E-state index contributed by atoms with van der Waals surface area (Å²) in [4.78, 5) is 14.4. The Bertz CT molecular complexity index is 817. The SMILES string of the molecule is CCc1c(C(=O)N(C)Cc2ccco2)cnn1-c1ccc(C)cc1. The number of aromatic nitrogens is 2. The van der Waals surface area contributed by atoms with Crippen LogP contribution in [0.3, 0.4) is 0 Å². The maximum atomic E-state index is 12.8. The smallest absolute Gasteiger partial charge is 0.257 e. The van der Waals surface area contributed by atoms with E-state index < -0.39 is 0 Å². The zero-order valence-corrected chi connectivity index (χ0v) is 14.2. The highest BCUT2D eigenvalue weighted by molar-refractivity contribution is 5.95. The maximum Gasteiger partial charge on any atom is 0.257 e. The molecule has 0 radical (unpaired) electrons. The summed E-state index contributed by atoms with van der Waals surface area (Å²) < 4.78 is 7.16. The minimum Gasteiger partial charge on any atom is -0.467 e. The Morgan fingerprint density at radius 2 is 2.00 bits per heavy atom. The summed E-state index contributed by atoms with van der Waals surface area (Å²) in [7, 11) is 1.77. The van der Waals surface area contributed by atoms with Gasteiger partial charge in [-0.2, -0.15) is 5.10 Å². The number of rotatable bonds is 5. The van der Waals surface area contributed by atoms with E-state index in [2.05, 4.69) is 5.10 Å². The van der Waals surface area contributed by atoms with Gasteiger partial charge in [0.1, 0.15) is 5.76 Å². The normalized spacial score (nSPS) is 10.8. The Kier molecular flexibility index (Phi) is 4.51. The van der Waals surface area contributed by atoms with Gasteiger partial charge >= 0.3 is 0 Å². The van der Waals surface area contributed by atoms with Crippen molar-refractivity contribution in [2.75, 3.05) is 7.05 Å². The summed E-state index contributed by atoms with van der Waals surface area (Å²) in [6, 6.07) is 11.8. The molecular formula is C19H21N3O2. The first kappa shape index (κ1) is 16.1. The first-order chi connectivity index (χ1) is 11.6. The number of carbonyl (C=O) groups excluding carboxylic acids is 1. The molecule has 24 heavy (non-hydrogen) atoms. The van der Waals surface area contributed by atoms with E-state index in [1.807, 2.05) is 54.9 Å². The highest BCUT2D eigenvalue weighted by Crippen LogP contribution is 2.18. The molecule has 3 rings (SSSR count). The zero-order chi connectivity index (χ0) is 17.1. The third-order valence-electron chi connectivity index (χ3n) is 4.03. The standard InChI is InChI=1S/C19H21N3O2/c1-4-18-17(19(23)21(3)13-16-6-5-11-24-16)12-20-22(18)15-9-7-14(2)8-10-15/h5-12H,4,13H2,1-3H3. The molecule has 5 heteroatoms. The molecule has 0 saturated carbocycles. The zero-order valence-electron chi connectivity index (χ0n) is 14.2. The number of hydrogen-bond donors (Lipinski definition) is 0.